The Balaban J connectivity index is 1.99. The number of hydrogen-bond acceptors (Lipinski definition) is 2. The predicted molar refractivity (Wildman–Crippen MR) is 83.0 cm³/mol. The molecule has 20 heavy (non-hydrogen) atoms. The number of aryl methyl sites for hydroxylation is 2. The van der Waals surface area contributed by atoms with Crippen LogP contribution in [0.5, 0.6) is 0 Å². The number of nitrogens with zero attached hydrogens (tertiary/aromatic N) is 2. The van der Waals surface area contributed by atoms with Gasteiger partial charge in [-0.15, -0.1) is 0 Å². The Kier molecular flexibility index (Phi) is 3.62. The summed E-state index contributed by atoms with van der Waals surface area (Å²) in [5, 5.41) is 8.28. The van der Waals surface area contributed by atoms with Gasteiger partial charge in [-0.1, -0.05) is 29.8 Å². The van der Waals surface area contributed by atoms with Crippen LogP contribution >= 0.6 is 0 Å². The van der Waals surface area contributed by atoms with Crippen molar-refractivity contribution in [3.8, 4) is 11.1 Å². The third kappa shape index (κ3) is 2.38. The monoisotopic (exact) mass is 269 g/mol. The zero-order chi connectivity index (χ0) is 14.1. The highest BCUT2D eigenvalue weighted by molar-refractivity contribution is 5.68. The zero-order valence-electron chi connectivity index (χ0n) is 12.6. The van der Waals surface area contributed by atoms with Crippen LogP contribution in [0.3, 0.4) is 0 Å². The van der Waals surface area contributed by atoms with Crippen molar-refractivity contribution < 1.29 is 0 Å². The molecule has 3 rings (SSSR count). The van der Waals surface area contributed by atoms with Gasteiger partial charge in [0.1, 0.15) is 0 Å². The smallest absolute Gasteiger partial charge is 0.0675 e. The van der Waals surface area contributed by atoms with Gasteiger partial charge in [-0.2, -0.15) is 5.10 Å². The van der Waals surface area contributed by atoms with E-state index in [1.807, 2.05) is 0 Å². The number of rotatable bonds is 2. The van der Waals surface area contributed by atoms with E-state index in [9.17, 15) is 0 Å². The van der Waals surface area contributed by atoms with Crippen molar-refractivity contribution in [2.24, 2.45) is 0 Å². The van der Waals surface area contributed by atoms with Gasteiger partial charge in [-0.3, -0.25) is 4.68 Å². The van der Waals surface area contributed by atoms with Crippen LogP contribution in [0.2, 0.25) is 0 Å². The van der Waals surface area contributed by atoms with E-state index < -0.39 is 0 Å². The van der Waals surface area contributed by atoms with E-state index in [1.54, 1.807) is 0 Å². The summed E-state index contributed by atoms with van der Waals surface area (Å²) >= 11 is 0. The Bertz CT molecular complexity index is 589. The lowest BCUT2D eigenvalue weighted by Crippen LogP contribution is -2.32. The molecule has 0 spiro atoms. The van der Waals surface area contributed by atoms with Gasteiger partial charge in [-0.25, -0.2) is 0 Å². The van der Waals surface area contributed by atoms with Crippen molar-refractivity contribution in [1.82, 2.24) is 15.1 Å². The summed E-state index contributed by atoms with van der Waals surface area (Å²) in [6, 6.07) is 9.26. The molecule has 0 amide bonds. The van der Waals surface area contributed by atoms with Crippen molar-refractivity contribution >= 4 is 0 Å². The Morgan fingerprint density at radius 3 is 2.55 bits per heavy atom. The number of hydrogen-bond donors (Lipinski definition) is 1. The first kappa shape index (κ1) is 13.4. The third-order valence-corrected chi connectivity index (χ3v) is 4.28. The summed E-state index contributed by atoms with van der Waals surface area (Å²) in [5.41, 5.74) is 6.31. The molecule has 0 aliphatic carbocycles. The normalized spacial score (nSPS) is 19.2. The summed E-state index contributed by atoms with van der Waals surface area (Å²) in [4.78, 5) is 0. The molecule has 2 aromatic rings. The van der Waals surface area contributed by atoms with Crippen molar-refractivity contribution in [3.63, 3.8) is 0 Å². The molecule has 1 aromatic carbocycles. The van der Waals surface area contributed by atoms with Crippen LogP contribution < -0.4 is 5.32 Å². The van der Waals surface area contributed by atoms with E-state index in [2.05, 4.69) is 55.0 Å². The fourth-order valence-corrected chi connectivity index (χ4v) is 3.20. The standard InChI is InChI=1S/C17H23N3/c1-12-6-8-15(9-7-12)17-13(2)19-20(14(17)3)16-5-4-10-18-11-16/h6-9,16,18H,4-5,10-11H2,1-3H3. The molecule has 3 nitrogen and oxygen atoms in total. The predicted octanol–water partition coefficient (Wildman–Crippen LogP) is 3.40. The first-order valence-electron chi connectivity index (χ1n) is 7.50. The molecule has 1 aliphatic rings. The van der Waals surface area contributed by atoms with Gasteiger partial charge in [0.05, 0.1) is 11.7 Å². The molecule has 2 heterocycles. The van der Waals surface area contributed by atoms with Crippen molar-refractivity contribution in [3.05, 3.63) is 41.2 Å². The second kappa shape index (κ2) is 5.41. The van der Waals surface area contributed by atoms with Crippen molar-refractivity contribution in [2.45, 2.75) is 39.7 Å². The minimum Gasteiger partial charge on any atom is -0.315 e. The Morgan fingerprint density at radius 1 is 1.15 bits per heavy atom. The van der Waals surface area contributed by atoms with E-state index in [0.717, 1.165) is 18.8 Å². The molecular weight excluding hydrogens is 246 g/mol. The minimum absolute atomic E-state index is 0.502. The number of piperidine rings is 1. The number of aromatic nitrogens is 2. The second-order valence-corrected chi connectivity index (χ2v) is 5.86. The molecule has 1 aromatic heterocycles. The molecule has 1 saturated heterocycles. The van der Waals surface area contributed by atoms with Gasteiger partial charge < -0.3 is 5.32 Å². The first-order chi connectivity index (χ1) is 9.66. The van der Waals surface area contributed by atoms with Crippen LogP contribution in [0.1, 0.15) is 35.8 Å². The molecule has 0 radical (unpaired) electrons. The van der Waals surface area contributed by atoms with Crippen molar-refractivity contribution in [2.75, 3.05) is 13.1 Å². The van der Waals surface area contributed by atoms with E-state index in [1.165, 1.54) is 35.2 Å². The summed E-state index contributed by atoms with van der Waals surface area (Å²) < 4.78 is 2.23. The van der Waals surface area contributed by atoms with E-state index in [-0.39, 0.29) is 0 Å². The summed E-state index contributed by atoms with van der Waals surface area (Å²) in [5.74, 6) is 0. The van der Waals surface area contributed by atoms with Gasteiger partial charge in [-0.05, 0) is 45.7 Å². The fraction of sp³-hybridized carbons (Fsp3) is 0.471. The summed E-state index contributed by atoms with van der Waals surface area (Å²) in [6.45, 7) is 8.62. The number of benzene rings is 1. The third-order valence-electron chi connectivity index (χ3n) is 4.28. The van der Waals surface area contributed by atoms with Gasteiger partial charge in [0.2, 0.25) is 0 Å². The maximum atomic E-state index is 4.81. The maximum absolute atomic E-state index is 4.81. The van der Waals surface area contributed by atoms with Crippen LogP contribution in [0.15, 0.2) is 24.3 Å². The highest BCUT2D eigenvalue weighted by Gasteiger charge is 2.21. The summed E-state index contributed by atoms with van der Waals surface area (Å²) in [6.07, 6.45) is 2.46. The lowest BCUT2D eigenvalue weighted by molar-refractivity contribution is 0.341. The van der Waals surface area contributed by atoms with Crippen LogP contribution in [0.4, 0.5) is 0 Å². The molecule has 3 heteroatoms. The van der Waals surface area contributed by atoms with Crippen LogP contribution in [0, 0.1) is 20.8 Å². The topological polar surface area (TPSA) is 29.9 Å². The minimum atomic E-state index is 0.502. The van der Waals surface area contributed by atoms with Crippen LogP contribution in [0.25, 0.3) is 11.1 Å². The first-order valence-corrected chi connectivity index (χ1v) is 7.50. The van der Waals surface area contributed by atoms with Crippen LogP contribution in [-0.4, -0.2) is 22.9 Å². The SMILES string of the molecule is Cc1ccc(-c2c(C)nn(C3CCCNC3)c2C)cc1. The van der Waals surface area contributed by atoms with E-state index >= 15 is 0 Å². The fourth-order valence-electron chi connectivity index (χ4n) is 3.20. The lowest BCUT2D eigenvalue weighted by atomic mass is 10.0. The number of nitrogens with one attached hydrogen (secondary N) is 1. The van der Waals surface area contributed by atoms with E-state index in [0.29, 0.717) is 6.04 Å². The molecule has 1 atom stereocenters. The van der Waals surface area contributed by atoms with Gasteiger partial charge in [0.25, 0.3) is 0 Å². The molecule has 0 bridgehead atoms. The Labute approximate surface area is 121 Å². The molecule has 1 N–H and O–H groups in total. The molecule has 1 unspecified atom stereocenters. The second-order valence-electron chi connectivity index (χ2n) is 5.86. The molecule has 0 saturated carbocycles. The van der Waals surface area contributed by atoms with E-state index in [4.69, 9.17) is 5.10 Å². The average molecular weight is 269 g/mol. The van der Waals surface area contributed by atoms with Gasteiger partial charge >= 0.3 is 0 Å². The average Bonchev–Trinajstić information content (AvgIpc) is 2.76. The quantitative estimate of drug-likeness (QED) is 0.905. The zero-order valence-corrected chi connectivity index (χ0v) is 12.6. The Morgan fingerprint density at radius 2 is 1.90 bits per heavy atom. The highest BCUT2D eigenvalue weighted by Crippen LogP contribution is 2.30. The molecular formula is C17H23N3. The van der Waals surface area contributed by atoms with Crippen LogP contribution in [-0.2, 0) is 0 Å². The molecule has 1 aliphatic heterocycles. The largest absolute Gasteiger partial charge is 0.315 e. The molecule has 1 fully saturated rings. The lowest BCUT2D eigenvalue weighted by Gasteiger charge is -2.24. The summed E-state index contributed by atoms with van der Waals surface area (Å²) in [7, 11) is 0. The van der Waals surface area contributed by atoms with Gasteiger partial charge in [0, 0.05) is 17.8 Å². The molecule has 106 valence electrons. The maximum Gasteiger partial charge on any atom is 0.0675 e. The Hall–Kier alpha value is -1.61. The highest BCUT2D eigenvalue weighted by atomic mass is 15.3. The van der Waals surface area contributed by atoms with Gasteiger partial charge in [0.15, 0.2) is 0 Å². The van der Waals surface area contributed by atoms with Crippen molar-refractivity contribution in [1.29, 1.82) is 0 Å².